The highest BCUT2D eigenvalue weighted by Crippen LogP contribution is 2.26. The minimum absolute atomic E-state index is 0.00193. The summed E-state index contributed by atoms with van der Waals surface area (Å²) >= 11 is 0. The predicted octanol–water partition coefficient (Wildman–Crippen LogP) is 4.48. The van der Waals surface area contributed by atoms with Gasteiger partial charge in [0.2, 0.25) is 5.91 Å². The molecule has 0 bridgehead atoms. The Balaban J connectivity index is 1.57. The average Bonchev–Trinajstić information content (AvgIpc) is 3.21. The van der Waals surface area contributed by atoms with Gasteiger partial charge < -0.3 is 10.2 Å². The Morgan fingerprint density at radius 3 is 2.45 bits per heavy atom. The zero-order chi connectivity index (χ0) is 23.6. The molecule has 2 amide bonds. The van der Waals surface area contributed by atoms with Gasteiger partial charge in [0.25, 0.3) is 15.9 Å². The third-order valence-corrected chi connectivity index (χ3v) is 7.01. The number of benzene rings is 3. The highest BCUT2D eigenvalue weighted by molar-refractivity contribution is 7.92. The van der Waals surface area contributed by atoms with Crippen LogP contribution in [0, 0.1) is 13.8 Å². The Morgan fingerprint density at radius 1 is 0.939 bits per heavy atom. The summed E-state index contributed by atoms with van der Waals surface area (Å²) in [5.41, 5.74) is 3.44. The van der Waals surface area contributed by atoms with E-state index in [0.717, 1.165) is 17.7 Å². The molecule has 170 valence electrons. The molecule has 3 aromatic carbocycles. The molecule has 0 saturated carbocycles. The molecule has 1 aliphatic heterocycles. The van der Waals surface area contributed by atoms with Crippen LogP contribution in [0.4, 0.5) is 17.1 Å². The predicted molar refractivity (Wildman–Crippen MR) is 129 cm³/mol. The molecule has 0 spiro atoms. The molecule has 0 aromatic heterocycles. The Labute approximate surface area is 193 Å². The molecule has 4 rings (SSSR count). The van der Waals surface area contributed by atoms with E-state index in [9.17, 15) is 18.0 Å². The first-order chi connectivity index (χ1) is 15.7. The second kappa shape index (κ2) is 9.07. The molecule has 3 aromatic rings. The molecule has 0 radical (unpaired) electrons. The van der Waals surface area contributed by atoms with E-state index in [1.807, 2.05) is 25.1 Å². The third kappa shape index (κ3) is 4.90. The minimum atomic E-state index is -3.88. The van der Waals surface area contributed by atoms with Crippen LogP contribution < -0.4 is 14.9 Å². The Kier molecular flexibility index (Phi) is 6.20. The maximum absolute atomic E-state index is 13.0. The van der Waals surface area contributed by atoms with Gasteiger partial charge in [0.1, 0.15) is 0 Å². The number of sulfonamides is 1. The van der Waals surface area contributed by atoms with Crippen molar-refractivity contribution in [2.24, 2.45) is 0 Å². The summed E-state index contributed by atoms with van der Waals surface area (Å²) < 4.78 is 28.5. The molecule has 1 aliphatic rings. The zero-order valence-corrected chi connectivity index (χ0v) is 19.3. The lowest BCUT2D eigenvalue weighted by molar-refractivity contribution is -0.117. The Bertz CT molecular complexity index is 1330. The molecule has 33 heavy (non-hydrogen) atoms. The highest BCUT2D eigenvalue weighted by atomic mass is 32.2. The van der Waals surface area contributed by atoms with Crippen molar-refractivity contribution in [3.8, 4) is 0 Å². The number of amides is 2. The molecule has 1 heterocycles. The van der Waals surface area contributed by atoms with E-state index in [2.05, 4.69) is 10.0 Å². The van der Waals surface area contributed by atoms with Crippen LogP contribution in [-0.2, 0) is 14.8 Å². The summed E-state index contributed by atoms with van der Waals surface area (Å²) in [6.45, 7) is 4.22. The smallest absolute Gasteiger partial charge is 0.261 e. The number of hydrogen-bond donors (Lipinski definition) is 2. The number of aryl methyl sites for hydroxylation is 2. The zero-order valence-electron chi connectivity index (χ0n) is 18.5. The number of nitrogens with zero attached hydrogens (tertiary/aromatic N) is 1. The van der Waals surface area contributed by atoms with Crippen molar-refractivity contribution < 1.29 is 18.0 Å². The molecule has 0 atom stereocenters. The summed E-state index contributed by atoms with van der Waals surface area (Å²) in [7, 11) is -3.88. The second-order valence-corrected chi connectivity index (χ2v) is 9.73. The lowest BCUT2D eigenvalue weighted by Gasteiger charge is -2.17. The summed E-state index contributed by atoms with van der Waals surface area (Å²) in [6.07, 6.45) is 1.33. The lowest BCUT2D eigenvalue weighted by atomic mass is 10.1. The molecule has 7 nitrogen and oxygen atoms in total. The first kappa shape index (κ1) is 22.5. The van der Waals surface area contributed by atoms with Crippen LogP contribution in [0.3, 0.4) is 0 Å². The largest absolute Gasteiger partial charge is 0.322 e. The van der Waals surface area contributed by atoms with Crippen LogP contribution in [0.2, 0.25) is 0 Å². The van der Waals surface area contributed by atoms with Crippen molar-refractivity contribution in [2.45, 2.75) is 31.6 Å². The van der Waals surface area contributed by atoms with Gasteiger partial charge in [-0.25, -0.2) is 8.42 Å². The van der Waals surface area contributed by atoms with E-state index in [1.54, 1.807) is 48.2 Å². The second-order valence-electron chi connectivity index (χ2n) is 8.05. The van der Waals surface area contributed by atoms with E-state index < -0.39 is 15.9 Å². The van der Waals surface area contributed by atoms with Crippen LogP contribution >= 0.6 is 0 Å². The maximum Gasteiger partial charge on any atom is 0.261 e. The van der Waals surface area contributed by atoms with Crippen LogP contribution in [0.15, 0.2) is 71.6 Å². The van der Waals surface area contributed by atoms with Gasteiger partial charge in [-0.15, -0.1) is 0 Å². The molecule has 0 unspecified atom stereocenters. The van der Waals surface area contributed by atoms with Gasteiger partial charge in [0.05, 0.1) is 10.6 Å². The number of carbonyl (C=O) groups is 2. The Morgan fingerprint density at radius 2 is 1.73 bits per heavy atom. The van der Waals surface area contributed by atoms with Crippen molar-refractivity contribution in [2.75, 3.05) is 21.5 Å². The number of carbonyl (C=O) groups excluding carboxylic acids is 2. The maximum atomic E-state index is 13.0. The normalized spacial score (nSPS) is 13.8. The van der Waals surface area contributed by atoms with Crippen molar-refractivity contribution in [1.82, 2.24) is 0 Å². The van der Waals surface area contributed by atoms with Crippen molar-refractivity contribution in [3.63, 3.8) is 0 Å². The van der Waals surface area contributed by atoms with Gasteiger partial charge in [-0.05, 0) is 67.8 Å². The fourth-order valence-corrected chi connectivity index (χ4v) is 4.93. The number of rotatable bonds is 6. The van der Waals surface area contributed by atoms with Crippen LogP contribution in [0.5, 0.6) is 0 Å². The van der Waals surface area contributed by atoms with Crippen LogP contribution in [0.25, 0.3) is 0 Å². The molecule has 1 fully saturated rings. The summed E-state index contributed by atoms with van der Waals surface area (Å²) in [4.78, 5) is 26.7. The standard InChI is InChI=1S/C25H25N3O4S/c1-17-12-13-21(33(31,32)27-23-10-4-3-7-18(23)2)16-22(17)25(30)26-19-8-5-9-20(15-19)28-14-6-11-24(28)29/h3-5,7-10,12-13,15-16,27H,6,11,14H2,1-2H3,(H,26,30). The number of anilines is 3. The van der Waals surface area contributed by atoms with E-state index >= 15 is 0 Å². The SMILES string of the molecule is Cc1ccccc1NS(=O)(=O)c1ccc(C)c(C(=O)Nc2cccc(N3CCCC3=O)c2)c1. The molecular formula is C25H25N3O4S. The first-order valence-corrected chi connectivity index (χ1v) is 12.1. The van der Waals surface area contributed by atoms with Crippen molar-refractivity contribution in [3.05, 3.63) is 83.4 Å². The van der Waals surface area contributed by atoms with Gasteiger partial charge >= 0.3 is 0 Å². The molecule has 1 saturated heterocycles. The van der Waals surface area contributed by atoms with Crippen molar-refractivity contribution in [1.29, 1.82) is 0 Å². The van der Waals surface area contributed by atoms with Crippen LogP contribution in [0.1, 0.15) is 34.3 Å². The van der Waals surface area contributed by atoms with Crippen molar-refractivity contribution >= 4 is 38.9 Å². The summed E-state index contributed by atoms with van der Waals surface area (Å²) in [6, 6.07) is 18.6. The van der Waals surface area contributed by atoms with E-state index in [1.165, 1.54) is 12.1 Å². The van der Waals surface area contributed by atoms with Gasteiger partial charge in [-0.3, -0.25) is 14.3 Å². The number of hydrogen-bond acceptors (Lipinski definition) is 4. The van der Waals surface area contributed by atoms with Crippen LogP contribution in [-0.4, -0.2) is 26.8 Å². The van der Waals surface area contributed by atoms with Gasteiger partial charge in [0.15, 0.2) is 0 Å². The van der Waals surface area contributed by atoms with Gasteiger partial charge in [-0.2, -0.15) is 0 Å². The van der Waals surface area contributed by atoms with Gasteiger partial charge in [0, 0.05) is 29.9 Å². The monoisotopic (exact) mass is 463 g/mol. The number of para-hydroxylation sites is 1. The molecular weight excluding hydrogens is 438 g/mol. The fraction of sp³-hybridized carbons (Fsp3) is 0.200. The average molecular weight is 464 g/mol. The Hall–Kier alpha value is -3.65. The topological polar surface area (TPSA) is 95.6 Å². The molecule has 2 N–H and O–H groups in total. The van der Waals surface area contributed by atoms with E-state index in [4.69, 9.17) is 0 Å². The first-order valence-electron chi connectivity index (χ1n) is 10.7. The van der Waals surface area contributed by atoms with Gasteiger partial charge in [-0.1, -0.05) is 30.3 Å². The molecule has 0 aliphatic carbocycles. The summed E-state index contributed by atoms with van der Waals surface area (Å²) in [5.74, 6) is -0.362. The lowest BCUT2D eigenvalue weighted by Crippen LogP contribution is -2.23. The summed E-state index contributed by atoms with van der Waals surface area (Å²) in [5, 5.41) is 2.82. The minimum Gasteiger partial charge on any atom is -0.322 e. The van der Waals surface area contributed by atoms with E-state index in [-0.39, 0.29) is 16.4 Å². The fourth-order valence-electron chi connectivity index (χ4n) is 3.78. The quantitative estimate of drug-likeness (QED) is 0.563. The third-order valence-electron chi connectivity index (χ3n) is 5.64. The number of nitrogens with one attached hydrogen (secondary N) is 2. The highest BCUT2D eigenvalue weighted by Gasteiger charge is 2.22. The molecule has 8 heteroatoms. The van der Waals surface area contributed by atoms with E-state index in [0.29, 0.717) is 29.9 Å².